The Kier molecular flexibility index (Phi) is 6.74. The topological polar surface area (TPSA) is 64.5 Å². The van der Waals surface area contributed by atoms with Gasteiger partial charge in [0.25, 0.3) is 5.91 Å². The van der Waals surface area contributed by atoms with E-state index in [0.29, 0.717) is 24.4 Å². The van der Waals surface area contributed by atoms with Crippen LogP contribution in [-0.4, -0.2) is 44.9 Å². The molecule has 3 aliphatic rings. The van der Waals surface area contributed by atoms with Crippen LogP contribution in [0.1, 0.15) is 59.3 Å². The first-order chi connectivity index (χ1) is 13.6. The maximum atomic E-state index is 13.2. The summed E-state index contributed by atoms with van der Waals surface area (Å²) in [6.07, 6.45) is 11.5. The van der Waals surface area contributed by atoms with Crippen molar-refractivity contribution in [3.63, 3.8) is 0 Å². The highest BCUT2D eigenvalue weighted by Gasteiger charge is 2.53. The van der Waals surface area contributed by atoms with Gasteiger partial charge in [-0.05, 0) is 50.4 Å². The number of hydrogen-bond donors (Lipinski definition) is 1. The number of imide groups is 1. The number of alkyl halides is 1. The van der Waals surface area contributed by atoms with E-state index in [0.717, 1.165) is 32.1 Å². The van der Waals surface area contributed by atoms with Gasteiger partial charge in [-0.25, -0.2) is 9.69 Å². The Labute approximate surface area is 186 Å². The van der Waals surface area contributed by atoms with Gasteiger partial charge in [-0.1, -0.05) is 46.7 Å². The van der Waals surface area contributed by atoms with E-state index in [1.165, 1.54) is 15.0 Å². The second-order valence-electron chi connectivity index (χ2n) is 8.58. The zero-order valence-corrected chi connectivity index (χ0v) is 19.6. The summed E-state index contributed by atoms with van der Waals surface area (Å²) < 4.78 is 1.24. The van der Waals surface area contributed by atoms with Crippen LogP contribution in [0.4, 0.5) is 4.79 Å². The SMILES string of the molecule is CC1C(N2C(=O)N(CCCCC3=CC=C(Br)CC3)C(C)(C)C2=O)=CCC(=N)C1Cl. The monoisotopic (exact) mass is 481 g/mol. The van der Waals surface area contributed by atoms with E-state index in [-0.39, 0.29) is 17.9 Å². The summed E-state index contributed by atoms with van der Waals surface area (Å²) >= 11 is 9.87. The van der Waals surface area contributed by atoms with Crippen LogP contribution in [0.5, 0.6) is 0 Å². The number of nitrogens with one attached hydrogen (secondary N) is 1. The molecule has 1 heterocycles. The lowest BCUT2D eigenvalue weighted by Crippen LogP contribution is -2.44. The Morgan fingerprint density at radius 3 is 2.62 bits per heavy atom. The lowest BCUT2D eigenvalue weighted by molar-refractivity contribution is -0.130. The molecule has 0 spiro atoms. The average molecular weight is 483 g/mol. The Morgan fingerprint density at radius 1 is 1.24 bits per heavy atom. The van der Waals surface area contributed by atoms with Gasteiger partial charge in [-0.3, -0.25) is 4.79 Å². The van der Waals surface area contributed by atoms with Crippen molar-refractivity contribution in [2.45, 2.75) is 70.2 Å². The molecule has 0 aromatic heterocycles. The van der Waals surface area contributed by atoms with E-state index in [1.807, 2.05) is 26.8 Å². The minimum Gasteiger partial charge on any atom is -0.310 e. The number of carbonyl (C=O) groups excluding carboxylic acids is 2. The largest absolute Gasteiger partial charge is 0.332 e. The lowest BCUT2D eigenvalue weighted by Gasteiger charge is -2.30. The highest BCUT2D eigenvalue weighted by Crippen LogP contribution is 2.37. The Bertz CT molecular complexity index is 815. The normalized spacial score (nSPS) is 27.2. The molecule has 3 rings (SSSR count). The van der Waals surface area contributed by atoms with Gasteiger partial charge in [0.15, 0.2) is 0 Å². The fourth-order valence-corrected chi connectivity index (χ4v) is 4.73. The minimum absolute atomic E-state index is 0.206. The van der Waals surface area contributed by atoms with Crippen LogP contribution >= 0.6 is 27.5 Å². The number of allylic oxidation sites excluding steroid dienone is 6. The van der Waals surface area contributed by atoms with E-state index in [1.54, 1.807) is 4.90 Å². The highest BCUT2D eigenvalue weighted by atomic mass is 79.9. The summed E-state index contributed by atoms with van der Waals surface area (Å²) in [7, 11) is 0. The number of carbonyl (C=O) groups is 2. The third-order valence-electron chi connectivity index (χ3n) is 6.17. The van der Waals surface area contributed by atoms with Crippen LogP contribution in [0.25, 0.3) is 0 Å². The van der Waals surface area contributed by atoms with Gasteiger partial charge in [-0.15, -0.1) is 11.6 Å². The summed E-state index contributed by atoms with van der Waals surface area (Å²) in [6.45, 7) is 6.06. The second kappa shape index (κ2) is 8.76. The van der Waals surface area contributed by atoms with Crippen LogP contribution in [0, 0.1) is 11.3 Å². The van der Waals surface area contributed by atoms with Crippen molar-refractivity contribution in [3.8, 4) is 0 Å². The molecule has 0 radical (unpaired) electrons. The molecule has 1 fully saturated rings. The summed E-state index contributed by atoms with van der Waals surface area (Å²) in [4.78, 5) is 29.3. The van der Waals surface area contributed by atoms with Crippen molar-refractivity contribution < 1.29 is 9.59 Å². The fraction of sp³-hybridized carbons (Fsp3) is 0.591. The van der Waals surface area contributed by atoms with E-state index in [4.69, 9.17) is 17.0 Å². The van der Waals surface area contributed by atoms with Crippen LogP contribution in [0.3, 0.4) is 0 Å². The summed E-state index contributed by atoms with van der Waals surface area (Å²) in [5, 5.41) is 7.44. The van der Waals surface area contributed by atoms with Gasteiger partial charge in [-0.2, -0.15) is 0 Å². The predicted octanol–water partition coefficient (Wildman–Crippen LogP) is 5.75. The first-order valence-electron chi connectivity index (χ1n) is 10.3. The molecule has 2 aliphatic carbocycles. The second-order valence-corrected chi connectivity index (χ2v) is 10.1. The lowest BCUT2D eigenvalue weighted by atomic mass is 9.90. The number of rotatable bonds is 6. The van der Waals surface area contributed by atoms with Gasteiger partial charge in [0.05, 0.1) is 5.38 Å². The Morgan fingerprint density at radius 2 is 1.97 bits per heavy atom. The summed E-state index contributed by atoms with van der Waals surface area (Å²) in [5.41, 5.74) is 1.63. The quantitative estimate of drug-likeness (QED) is 0.298. The molecule has 0 bridgehead atoms. The van der Waals surface area contributed by atoms with Gasteiger partial charge in [0.2, 0.25) is 0 Å². The molecule has 7 heteroatoms. The predicted molar refractivity (Wildman–Crippen MR) is 120 cm³/mol. The van der Waals surface area contributed by atoms with Crippen molar-refractivity contribution in [2.24, 2.45) is 5.92 Å². The molecular weight excluding hydrogens is 454 g/mol. The van der Waals surface area contributed by atoms with E-state index in [2.05, 4.69) is 28.1 Å². The molecule has 0 aromatic carbocycles. The van der Waals surface area contributed by atoms with Gasteiger partial charge < -0.3 is 10.3 Å². The van der Waals surface area contributed by atoms with Gasteiger partial charge in [0, 0.05) is 30.3 Å². The molecule has 2 atom stereocenters. The van der Waals surface area contributed by atoms with E-state index < -0.39 is 10.9 Å². The van der Waals surface area contributed by atoms with Crippen LogP contribution in [-0.2, 0) is 4.79 Å². The number of unbranched alkanes of at least 4 members (excludes halogenated alkanes) is 1. The molecule has 0 saturated carbocycles. The van der Waals surface area contributed by atoms with E-state index in [9.17, 15) is 9.59 Å². The number of halogens is 2. The summed E-state index contributed by atoms with van der Waals surface area (Å²) in [6, 6.07) is -0.265. The maximum Gasteiger partial charge on any atom is 0.332 e. The molecule has 29 heavy (non-hydrogen) atoms. The molecule has 5 nitrogen and oxygen atoms in total. The van der Waals surface area contributed by atoms with Crippen molar-refractivity contribution >= 4 is 45.2 Å². The minimum atomic E-state index is -0.873. The zero-order chi connectivity index (χ0) is 21.3. The van der Waals surface area contributed by atoms with Crippen LogP contribution in [0.2, 0.25) is 0 Å². The van der Waals surface area contributed by atoms with Crippen molar-refractivity contribution in [1.29, 1.82) is 5.41 Å². The number of nitrogens with zero attached hydrogens (tertiary/aromatic N) is 2. The molecule has 0 aromatic rings. The number of amides is 3. The van der Waals surface area contributed by atoms with E-state index >= 15 is 0 Å². The third kappa shape index (κ3) is 4.38. The van der Waals surface area contributed by atoms with Gasteiger partial charge >= 0.3 is 6.03 Å². The molecule has 1 aliphatic heterocycles. The van der Waals surface area contributed by atoms with Crippen molar-refractivity contribution in [2.75, 3.05) is 6.54 Å². The molecule has 158 valence electrons. The van der Waals surface area contributed by atoms with Crippen molar-refractivity contribution in [3.05, 3.63) is 34.0 Å². The summed E-state index contributed by atoms with van der Waals surface area (Å²) in [5.74, 6) is -0.449. The smallest absolute Gasteiger partial charge is 0.310 e. The number of urea groups is 1. The zero-order valence-electron chi connectivity index (χ0n) is 17.3. The maximum absolute atomic E-state index is 13.2. The molecule has 1 N–H and O–H groups in total. The van der Waals surface area contributed by atoms with Crippen LogP contribution in [0.15, 0.2) is 34.0 Å². The Hall–Kier alpha value is -1.40. The first-order valence-corrected chi connectivity index (χ1v) is 11.5. The molecular formula is C22H29BrClN3O2. The van der Waals surface area contributed by atoms with Crippen LogP contribution < -0.4 is 0 Å². The Balaban J connectivity index is 1.65. The standard InChI is InChI=1S/C22H29BrClN3O2/c1-14-18(12-11-17(25)19(14)24)27-20(28)22(2,3)26(21(27)29)13-5-4-6-15-7-9-16(23)10-8-15/h7,9,12,14,19,25H,4-6,8,10-11,13H2,1-3H3. The average Bonchev–Trinajstić information content (AvgIpc) is 2.84. The fourth-order valence-electron chi connectivity index (χ4n) is 4.18. The molecule has 3 amide bonds. The molecule has 1 saturated heterocycles. The third-order valence-corrected chi connectivity index (χ3v) is 7.47. The highest BCUT2D eigenvalue weighted by molar-refractivity contribution is 9.11. The number of hydrogen-bond acceptors (Lipinski definition) is 3. The van der Waals surface area contributed by atoms with Gasteiger partial charge in [0.1, 0.15) is 5.54 Å². The molecule has 2 unspecified atom stereocenters. The first kappa shape index (κ1) is 22.3. The van der Waals surface area contributed by atoms with Crippen molar-refractivity contribution in [1.82, 2.24) is 9.80 Å².